The number of aliphatic carboxylic acids is 1. The molecule has 0 aliphatic heterocycles. The molecule has 0 spiro atoms. The zero-order chi connectivity index (χ0) is 14.0. The van der Waals surface area contributed by atoms with E-state index in [1.807, 2.05) is 11.4 Å². The first kappa shape index (κ1) is 13.8. The number of hydrogen-bond acceptors (Lipinski definition) is 2. The van der Waals surface area contributed by atoms with E-state index in [0.29, 0.717) is 0 Å². The summed E-state index contributed by atoms with van der Waals surface area (Å²) in [6.07, 6.45) is 0.102. The quantitative estimate of drug-likeness (QED) is 0.904. The van der Waals surface area contributed by atoms with Crippen molar-refractivity contribution < 1.29 is 9.90 Å². The van der Waals surface area contributed by atoms with Crippen LogP contribution in [0.15, 0.2) is 35.7 Å². The molecule has 19 heavy (non-hydrogen) atoms. The molecule has 1 aromatic carbocycles. The molecule has 0 amide bonds. The van der Waals surface area contributed by atoms with Crippen LogP contribution in [0.2, 0.25) is 0 Å². The van der Waals surface area contributed by atoms with Crippen LogP contribution in [0, 0.1) is 0 Å². The maximum Gasteiger partial charge on any atom is 0.308 e. The van der Waals surface area contributed by atoms with Crippen LogP contribution in [0.3, 0.4) is 0 Å². The Balaban J connectivity index is 2.23. The standard InChI is InChI=1S/C16H18O2S/c1-16(2,3)13-6-4-11(5-7-13)12-8-14(19-10-12)9-15(17)18/h4-8,10H,9H2,1-3H3,(H,17,18). The van der Waals surface area contributed by atoms with E-state index < -0.39 is 5.97 Å². The van der Waals surface area contributed by atoms with E-state index in [0.717, 1.165) is 16.0 Å². The van der Waals surface area contributed by atoms with Crippen molar-refractivity contribution in [2.75, 3.05) is 0 Å². The monoisotopic (exact) mass is 274 g/mol. The zero-order valence-corrected chi connectivity index (χ0v) is 12.3. The Kier molecular flexibility index (Phi) is 3.76. The average Bonchev–Trinajstić information content (AvgIpc) is 2.75. The fourth-order valence-corrected chi connectivity index (χ4v) is 2.82. The molecule has 1 aromatic heterocycles. The normalized spacial score (nSPS) is 11.5. The fourth-order valence-electron chi connectivity index (χ4n) is 1.94. The highest BCUT2D eigenvalue weighted by atomic mass is 32.1. The van der Waals surface area contributed by atoms with Crippen LogP contribution in [0.4, 0.5) is 0 Å². The molecular formula is C16H18O2S. The van der Waals surface area contributed by atoms with E-state index in [-0.39, 0.29) is 11.8 Å². The Labute approximate surface area is 117 Å². The highest BCUT2D eigenvalue weighted by Crippen LogP contribution is 2.29. The smallest absolute Gasteiger partial charge is 0.308 e. The van der Waals surface area contributed by atoms with Gasteiger partial charge in [0.2, 0.25) is 0 Å². The molecule has 0 aliphatic carbocycles. The summed E-state index contributed by atoms with van der Waals surface area (Å²) in [4.78, 5) is 11.6. The zero-order valence-electron chi connectivity index (χ0n) is 11.4. The van der Waals surface area contributed by atoms with Gasteiger partial charge in [-0.1, -0.05) is 45.0 Å². The first-order valence-electron chi connectivity index (χ1n) is 6.26. The minimum atomic E-state index is -0.781. The van der Waals surface area contributed by atoms with Gasteiger partial charge in [0.1, 0.15) is 0 Å². The van der Waals surface area contributed by atoms with Crippen LogP contribution in [-0.2, 0) is 16.6 Å². The molecule has 1 N–H and O–H groups in total. The second kappa shape index (κ2) is 5.17. The first-order valence-corrected chi connectivity index (χ1v) is 7.14. The molecule has 2 rings (SSSR count). The SMILES string of the molecule is CC(C)(C)c1ccc(-c2csc(CC(=O)O)c2)cc1. The fraction of sp³-hybridized carbons (Fsp3) is 0.312. The van der Waals surface area contributed by atoms with Crippen molar-refractivity contribution in [1.82, 2.24) is 0 Å². The van der Waals surface area contributed by atoms with Gasteiger partial charge in [0.05, 0.1) is 6.42 Å². The van der Waals surface area contributed by atoms with Crippen molar-refractivity contribution in [2.24, 2.45) is 0 Å². The lowest BCUT2D eigenvalue weighted by molar-refractivity contribution is -0.136. The van der Waals surface area contributed by atoms with Gasteiger partial charge >= 0.3 is 5.97 Å². The summed E-state index contributed by atoms with van der Waals surface area (Å²) in [7, 11) is 0. The summed E-state index contributed by atoms with van der Waals surface area (Å²) in [6, 6.07) is 10.5. The molecule has 0 atom stereocenters. The molecule has 0 fully saturated rings. The first-order chi connectivity index (χ1) is 8.86. The Morgan fingerprint density at radius 2 is 1.79 bits per heavy atom. The summed E-state index contributed by atoms with van der Waals surface area (Å²) >= 11 is 1.50. The third kappa shape index (κ3) is 3.44. The lowest BCUT2D eigenvalue weighted by Crippen LogP contribution is -2.10. The topological polar surface area (TPSA) is 37.3 Å². The van der Waals surface area contributed by atoms with Gasteiger partial charge < -0.3 is 5.11 Å². The molecule has 3 heteroatoms. The molecule has 1 heterocycles. The van der Waals surface area contributed by atoms with E-state index in [4.69, 9.17) is 5.11 Å². The molecule has 2 aromatic rings. The minimum absolute atomic E-state index is 0.102. The van der Waals surface area contributed by atoms with Gasteiger partial charge in [-0.2, -0.15) is 0 Å². The summed E-state index contributed by atoms with van der Waals surface area (Å²) in [5.41, 5.74) is 3.70. The molecule has 0 saturated heterocycles. The van der Waals surface area contributed by atoms with Gasteiger partial charge in [0.15, 0.2) is 0 Å². The summed E-state index contributed by atoms with van der Waals surface area (Å²) in [5.74, 6) is -0.781. The highest BCUT2D eigenvalue weighted by molar-refractivity contribution is 7.10. The van der Waals surface area contributed by atoms with Crippen molar-refractivity contribution in [1.29, 1.82) is 0 Å². The van der Waals surface area contributed by atoms with Crippen LogP contribution in [0.1, 0.15) is 31.2 Å². The molecule has 0 radical (unpaired) electrons. The third-order valence-electron chi connectivity index (χ3n) is 3.06. The van der Waals surface area contributed by atoms with E-state index >= 15 is 0 Å². The average molecular weight is 274 g/mol. The van der Waals surface area contributed by atoms with E-state index in [1.54, 1.807) is 0 Å². The molecule has 0 bridgehead atoms. The van der Waals surface area contributed by atoms with Crippen LogP contribution < -0.4 is 0 Å². The summed E-state index contributed by atoms with van der Waals surface area (Å²) in [6.45, 7) is 6.58. The minimum Gasteiger partial charge on any atom is -0.481 e. The molecular weight excluding hydrogens is 256 g/mol. The van der Waals surface area contributed by atoms with Gasteiger partial charge in [-0.25, -0.2) is 0 Å². The van der Waals surface area contributed by atoms with Crippen LogP contribution in [-0.4, -0.2) is 11.1 Å². The van der Waals surface area contributed by atoms with Crippen molar-refractivity contribution >= 4 is 17.3 Å². The van der Waals surface area contributed by atoms with Crippen molar-refractivity contribution in [3.63, 3.8) is 0 Å². The van der Waals surface area contributed by atoms with Crippen LogP contribution >= 0.6 is 11.3 Å². The molecule has 2 nitrogen and oxygen atoms in total. The van der Waals surface area contributed by atoms with Crippen molar-refractivity contribution in [3.8, 4) is 11.1 Å². The number of carbonyl (C=O) groups is 1. The maximum absolute atomic E-state index is 10.7. The van der Waals surface area contributed by atoms with Crippen molar-refractivity contribution in [2.45, 2.75) is 32.6 Å². The van der Waals surface area contributed by atoms with Gasteiger partial charge in [-0.05, 0) is 33.6 Å². The molecule has 100 valence electrons. The third-order valence-corrected chi connectivity index (χ3v) is 4.00. The molecule has 0 aliphatic rings. The van der Waals surface area contributed by atoms with Gasteiger partial charge in [-0.15, -0.1) is 11.3 Å². The van der Waals surface area contributed by atoms with Crippen LogP contribution in [0.25, 0.3) is 11.1 Å². The molecule has 0 unspecified atom stereocenters. The lowest BCUT2D eigenvalue weighted by atomic mass is 9.86. The largest absolute Gasteiger partial charge is 0.481 e. The number of thiophene rings is 1. The Morgan fingerprint density at radius 1 is 1.16 bits per heavy atom. The highest BCUT2D eigenvalue weighted by Gasteiger charge is 2.13. The summed E-state index contributed by atoms with van der Waals surface area (Å²) in [5, 5.41) is 10.8. The van der Waals surface area contributed by atoms with Gasteiger partial charge in [0, 0.05) is 4.88 Å². The number of benzene rings is 1. The Morgan fingerprint density at radius 3 is 2.32 bits per heavy atom. The van der Waals surface area contributed by atoms with Crippen LogP contribution in [0.5, 0.6) is 0 Å². The van der Waals surface area contributed by atoms with Gasteiger partial charge in [-0.3, -0.25) is 4.79 Å². The van der Waals surface area contributed by atoms with E-state index in [2.05, 4.69) is 45.0 Å². The lowest BCUT2D eigenvalue weighted by Gasteiger charge is -2.19. The summed E-state index contributed by atoms with van der Waals surface area (Å²) < 4.78 is 0. The number of hydrogen-bond donors (Lipinski definition) is 1. The number of rotatable bonds is 3. The second-order valence-corrected chi connectivity index (χ2v) is 6.70. The number of carboxylic acid groups (broad SMARTS) is 1. The van der Waals surface area contributed by atoms with Crippen molar-refractivity contribution in [3.05, 3.63) is 46.2 Å². The van der Waals surface area contributed by atoms with Gasteiger partial charge in [0.25, 0.3) is 0 Å². The number of carboxylic acids is 1. The predicted octanol–water partition coefficient (Wildman–Crippen LogP) is 4.34. The van der Waals surface area contributed by atoms with E-state index in [1.165, 1.54) is 16.9 Å². The molecule has 0 saturated carbocycles. The maximum atomic E-state index is 10.7. The van der Waals surface area contributed by atoms with E-state index in [9.17, 15) is 4.79 Å². The predicted molar refractivity (Wildman–Crippen MR) is 79.8 cm³/mol. The Bertz CT molecular complexity index is 574. The second-order valence-electron chi connectivity index (χ2n) is 5.70. The Hall–Kier alpha value is -1.61.